The second-order valence-electron chi connectivity index (χ2n) is 6.37. The van der Waals surface area contributed by atoms with E-state index in [1.54, 1.807) is 0 Å². The standard InChI is InChI=1S/C19H21N5/c1-12-18(13(2)24(3)23-12)17-10-11-20-19(22-17)21-16-9-8-14-6-4-5-7-15(14)16/h4-7,10-11,16H,8-9H2,1-3H3,(H,20,21,22)/t16-/m1/s1. The zero-order valence-electron chi connectivity index (χ0n) is 14.2. The smallest absolute Gasteiger partial charge is 0.223 e. The Hall–Kier alpha value is -2.69. The maximum Gasteiger partial charge on any atom is 0.223 e. The van der Waals surface area contributed by atoms with Crippen LogP contribution in [0.3, 0.4) is 0 Å². The van der Waals surface area contributed by atoms with Crippen molar-refractivity contribution in [3.63, 3.8) is 0 Å². The van der Waals surface area contributed by atoms with E-state index in [0.717, 1.165) is 35.5 Å². The zero-order chi connectivity index (χ0) is 16.7. The molecule has 0 spiro atoms. The number of benzene rings is 1. The molecule has 0 saturated carbocycles. The van der Waals surface area contributed by atoms with Crippen LogP contribution in [0.1, 0.15) is 35.0 Å². The van der Waals surface area contributed by atoms with E-state index in [-0.39, 0.29) is 6.04 Å². The third-order valence-corrected chi connectivity index (χ3v) is 4.86. The number of nitrogens with one attached hydrogen (secondary N) is 1. The van der Waals surface area contributed by atoms with Crippen LogP contribution in [0.5, 0.6) is 0 Å². The SMILES string of the molecule is Cc1nn(C)c(C)c1-c1ccnc(N[C@@H]2CCc3ccccc32)n1. The summed E-state index contributed by atoms with van der Waals surface area (Å²) >= 11 is 0. The fraction of sp³-hybridized carbons (Fsp3) is 0.316. The minimum Gasteiger partial charge on any atom is -0.347 e. The average Bonchev–Trinajstić information content (AvgIpc) is 3.09. The van der Waals surface area contributed by atoms with Crippen LogP contribution in [0.25, 0.3) is 11.3 Å². The van der Waals surface area contributed by atoms with Crippen LogP contribution in [0.15, 0.2) is 36.5 Å². The van der Waals surface area contributed by atoms with Gasteiger partial charge in [0.25, 0.3) is 0 Å². The van der Waals surface area contributed by atoms with E-state index < -0.39 is 0 Å². The van der Waals surface area contributed by atoms with Gasteiger partial charge in [0.2, 0.25) is 5.95 Å². The summed E-state index contributed by atoms with van der Waals surface area (Å²) in [5.41, 5.74) is 6.90. The summed E-state index contributed by atoms with van der Waals surface area (Å²) < 4.78 is 1.90. The van der Waals surface area contributed by atoms with Gasteiger partial charge in [0.05, 0.1) is 17.4 Å². The Balaban J connectivity index is 1.65. The summed E-state index contributed by atoms with van der Waals surface area (Å²) in [7, 11) is 1.96. The molecule has 1 atom stereocenters. The van der Waals surface area contributed by atoms with Crippen LogP contribution in [-0.2, 0) is 13.5 Å². The molecule has 5 heteroatoms. The molecule has 24 heavy (non-hydrogen) atoms. The van der Waals surface area contributed by atoms with Gasteiger partial charge >= 0.3 is 0 Å². The molecular weight excluding hydrogens is 298 g/mol. The Morgan fingerprint density at radius 1 is 1.17 bits per heavy atom. The van der Waals surface area contributed by atoms with Crippen LogP contribution in [-0.4, -0.2) is 19.7 Å². The van der Waals surface area contributed by atoms with Gasteiger partial charge in [-0.3, -0.25) is 4.68 Å². The molecule has 1 aliphatic carbocycles. The molecule has 4 rings (SSSR count). The predicted molar refractivity (Wildman–Crippen MR) is 94.8 cm³/mol. The van der Waals surface area contributed by atoms with Gasteiger partial charge in [-0.25, -0.2) is 9.97 Å². The lowest BCUT2D eigenvalue weighted by Crippen LogP contribution is -2.10. The number of hydrogen-bond donors (Lipinski definition) is 1. The van der Waals surface area contributed by atoms with Crippen molar-refractivity contribution in [3.05, 3.63) is 59.0 Å². The molecule has 1 N–H and O–H groups in total. The average molecular weight is 319 g/mol. The summed E-state index contributed by atoms with van der Waals surface area (Å²) in [5, 5.41) is 7.99. The summed E-state index contributed by atoms with van der Waals surface area (Å²) in [6, 6.07) is 10.8. The van der Waals surface area contributed by atoms with Gasteiger partial charge in [-0.05, 0) is 43.9 Å². The molecule has 5 nitrogen and oxygen atoms in total. The molecule has 1 aliphatic rings. The number of anilines is 1. The minimum absolute atomic E-state index is 0.285. The molecule has 0 saturated heterocycles. The van der Waals surface area contributed by atoms with Crippen molar-refractivity contribution in [3.8, 4) is 11.3 Å². The summed E-state index contributed by atoms with van der Waals surface area (Å²) in [6.07, 6.45) is 4.00. The molecule has 0 bridgehead atoms. The molecule has 3 aromatic rings. The Morgan fingerprint density at radius 2 is 2.00 bits per heavy atom. The van der Waals surface area contributed by atoms with E-state index in [0.29, 0.717) is 5.95 Å². The van der Waals surface area contributed by atoms with Gasteiger partial charge < -0.3 is 5.32 Å². The first-order valence-corrected chi connectivity index (χ1v) is 8.31. The number of aromatic nitrogens is 4. The first-order chi connectivity index (χ1) is 11.6. The number of fused-ring (bicyclic) bond motifs is 1. The lowest BCUT2D eigenvalue weighted by Gasteiger charge is -2.14. The maximum absolute atomic E-state index is 4.74. The second kappa shape index (κ2) is 5.74. The predicted octanol–water partition coefficient (Wildman–Crippen LogP) is 3.59. The van der Waals surface area contributed by atoms with E-state index in [4.69, 9.17) is 4.98 Å². The highest BCUT2D eigenvalue weighted by Crippen LogP contribution is 2.33. The fourth-order valence-corrected chi connectivity index (χ4v) is 3.57. The molecule has 0 fully saturated rings. The number of nitrogens with zero attached hydrogens (tertiary/aromatic N) is 4. The lowest BCUT2D eigenvalue weighted by molar-refractivity contribution is 0.731. The van der Waals surface area contributed by atoms with Gasteiger partial charge in [-0.1, -0.05) is 24.3 Å². The van der Waals surface area contributed by atoms with Crippen LogP contribution in [0, 0.1) is 13.8 Å². The van der Waals surface area contributed by atoms with Gasteiger partial charge in [0.15, 0.2) is 0 Å². The van der Waals surface area contributed by atoms with Gasteiger partial charge in [-0.15, -0.1) is 0 Å². The molecule has 0 unspecified atom stereocenters. The molecule has 122 valence electrons. The Bertz CT molecular complexity index is 897. The molecule has 2 heterocycles. The topological polar surface area (TPSA) is 55.6 Å². The van der Waals surface area contributed by atoms with E-state index >= 15 is 0 Å². The van der Waals surface area contributed by atoms with Crippen molar-refractivity contribution in [2.45, 2.75) is 32.7 Å². The summed E-state index contributed by atoms with van der Waals surface area (Å²) in [6.45, 7) is 4.09. The van der Waals surface area contributed by atoms with Crippen molar-refractivity contribution < 1.29 is 0 Å². The molecule has 0 amide bonds. The molecule has 0 radical (unpaired) electrons. The highest BCUT2D eigenvalue weighted by atomic mass is 15.3. The van der Waals surface area contributed by atoms with Crippen molar-refractivity contribution in [1.82, 2.24) is 19.7 Å². The largest absolute Gasteiger partial charge is 0.347 e. The third-order valence-electron chi connectivity index (χ3n) is 4.86. The van der Waals surface area contributed by atoms with E-state index in [1.165, 1.54) is 11.1 Å². The lowest BCUT2D eigenvalue weighted by atomic mass is 10.1. The molecule has 1 aromatic carbocycles. The van der Waals surface area contributed by atoms with E-state index in [9.17, 15) is 0 Å². The fourth-order valence-electron chi connectivity index (χ4n) is 3.57. The van der Waals surface area contributed by atoms with Gasteiger partial charge in [-0.2, -0.15) is 5.10 Å². The first kappa shape index (κ1) is 14.9. The van der Waals surface area contributed by atoms with Crippen molar-refractivity contribution in [1.29, 1.82) is 0 Å². The zero-order valence-corrected chi connectivity index (χ0v) is 14.2. The maximum atomic E-state index is 4.74. The Labute approximate surface area is 141 Å². The van der Waals surface area contributed by atoms with Gasteiger partial charge in [0.1, 0.15) is 0 Å². The molecular formula is C19H21N5. The number of hydrogen-bond acceptors (Lipinski definition) is 4. The number of aryl methyl sites for hydroxylation is 3. The van der Waals surface area contributed by atoms with Crippen LogP contribution < -0.4 is 5.32 Å². The van der Waals surface area contributed by atoms with Crippen molar-refractivity contribution in [2.24, 2.45) is 7.05 Å². The van der Waals surface area contributed by atoms with Crippen LogP contribution >= 0.6 is 0 Å². The van der Waals surface area contributed by atoms with Crippen molar-refractivity contribution >= 4 is 5.95 Å². The van der Waals surface area contributed by atoms with Crippen LogP contribution in [0.2, 0.25) is 0 Å². The van der Waals surface area contributed by atoms with Crippen molar-refractivity contribution in [2.75, 3.05) is 5.32 Å². The Morgan fingerprint density at radius 3 is 2.79 bits per heavy atom. The molecule has 2 aromatic heterocycles. The van der Waals surface area contributed by atoms with Crippen LogP contribution in [0.4, 0.5) is 5.95 Å². The summed E-state index contributed by atoms with van der Waals surface area (Å²) in [4.78, 5) is 9.16. The normalized spacial score (nSPS) is 16.2. The highest BCUT2D eigenvalue weighted by molar-refractivity contribution is 5.65. The minimum atomic E-state index is 0.285. The first-order valence-electron chi connectivity index (χ1n) is 8.31. The highest BCUT2D eigenvalue weighted by Gasteiger charge is 2.22. The van der Waals surface area contributed by atoms with E-state index in [1.807, 2.05) is 30.9 Å². The number of rotatable bonds is 3. The molecule has 0 aliphatic heterocycles. The Kier molecular flexibility index (Phi) is 3.56. The quantitative estimate of drug-likeness (QED) is 0.801. The summed E-state index contributed by atoms with van der Waals surface area (Å²) in [5.74, 6) is 0.678. The third kappa shape index (κ3) is 2.46. The van der Waals surface area contributed by atoms with Gasteiger partial charge in [0, 0.05) is 24.5 Å². The van der Waals surface area contributed by atoms with E-state index in [2.05, 4.69) is 46.6 Å². The monoisotopic (exact) mass is 319 g/mol. The second-order valence-corrected chi connectivity index (χ2v) is 6.37.